The molecule has 2 rings (SSSR count). The predicted octanol–water partition coefficient (Wildman–Crippen LogP) is 2.89. The van der Waals surface area contributed by atoms with E-state index in [9.17, 15) is 8.78 Å². The van der Waals surface area contributed by atoms with E-state index in [-0.39, 0.29) is 5.56 Å². The average molecular weight is 196 g/mol. The Morgan fingerprint density at radius 3 is 2.85 bits per heavy atom. The average Bonchev–Trinajstić information content (AvgIpc) is 2.61. The smallest absolute Gasteiger partial charge is 0.133 e. The second-order valence-corrected chi connectivity index (χ2v) is 3.26. The number of halogens is 2. The van der Waals surface area contributed by atoms with Crippen LogP contribution in [0, 0.1) is 17.8 Å². The van der Waals surface area contributed by atoms with E-state index in [4.69, 9.17) is 0 Å². The minimum atomic E-state index is -0.468. The van der Waals surface area contributed by atoms with Crippen molar-refractivity contribution in [3.63, 3.8) is 0 Å². The van der Waals surface area contributed by atoms with Crippen LogP contribution in [0.4, 0.5) is 8.78 Å². The summed E-state index contributed by atoms with van der Waals surface area (Å²) in [6.07, 6.45) is 2.55. The van der Waals surface area contributed by atoms with Crippen LogP contribution in [0.15, 0.2) is 23.6 Å². The molecule has 0 aliphatic carbocycles. The maximum absolute atomic E-state index is 13.1. The van der Waals surface area contributed by atoms with Crippen molar-refractivity contribution < 1.29 is 8.78 Å². The number of hydrogen-bond acceptors (Lipinski definition) is 2. The monoisotopic (exact) mass is 196 g/mol. The Kier molecular flexibility index (Phi) is 2.06. The van der Waals surface area contributed by atoms with Gasteiger partial charge in [-0.2, -0.15) is 0 Å². The standard InChI is InChI=1S/C9H4F2NS/c10-6-1-2-8(11)7(5-6)9-12-3-4-13-9/h1-2,4-5H. The van der Waals surface area contributed by atoms with Crippen molar-refractivity contribution in [2.24, 2.45) is 0 Å². The Hall–Kier alpha value is -1.29. The van der Waals surface area contributed by atoms with Crippen molar-refractivity contribution in [1.29, 1.82) is 0 Å². The van der Waals surface area contributed by atoms with Crippen LogP contribution in [-0.2, 0) is 0 Å². The summed E-state index contributed by atoms with van der Waals surface area (Å²) in [5.41, 5.74) is 0.186. The van der Waals surface area contributed by atoms with Crippen molar-refractivity contribution in [1.82, 2.24) is 4.98 Å². The van der Waals surface area contributed by atoms with Crippen LogP contribution >= 0.6 is 11.3 Å². The molecule has 1 radical (unpaired) electrons. The fraction of sp³-hybridized carbons (Fsp3) is 0. The van der Waals surface area contributed by atoms with Gasteiger partial charge >= 0.3 is 0 Å². The Morgan fingerprint density at radius 2 is 2.15 bits per heavy atom. The highest BCUT2D eigenvalue weighted by atomic mass is 32.1. The molecule has 1 nitrogen and oxygen atoms in total. The lowest BCUT2D eigenvalue weighted by Crippen LogP contribution is -1.84. The molecule has 0 fully saturated rings. The van der Waals surface area contributed by atoms with E-state index in [1.54, 1.807) is 5.38 Å². The normalized spacial score (nSPS) is 10.3. The number of hydrogen-bond donors (Lipinski definition) is 0. The number of benzene rings is 1. The van der Waals surface area contributed by atoms with Crippen molar-refractivity contribution in [2.45, 2.75) is 0 Å². The van der Waals surface area contributed by atoms with Gasteiger partial charge in [-0.15, -0.1) is 11.3 Å². The molecule has 0 bridgehead atoms. The van der Waals surface area contributed by atoms with Gasteiger partial charge in [0.25, 0.3) is 0 Å². The summed E-state index contributed by atoms with van der Waals surface area (Å²) in [6, 6.07) is 3.30. The highest BCUT2D eigenvalue weighted by Gasteiger charge is 2.08. The zero-order valence-corrected chi connectivity index (χ0v) is 7.24. The molecule has 1 heterocycles. The third kappa shape index (κ3) is 1.58. The zero-order chi connectivity index (χ0) is 9.26. The molecule has 4 heteroatoms. The van der Waals surface area contributed by atoms with Crippen LogP contribution in [0.3, 0.4) is 0 Å². The summed E-state index contributed by atoms with van der Waals surface area (Å²) < 4.78 is 25.9. The number of nitrogens with zero attached hydrogens (tertiary/aromatic N) is 1. The van der Waals surface area contributed by atoms with E-state index in [1.165, 1.54) is 11.3 Å². The summed E-state index contributed by atoms with van der Waals surface area (Å²) >= 11 is 1.23. The van der Waals surface area contributed by atoms with Crippen LogP contribution in [0.5, 0.6) is 0 Å². The second kappa shape index (κ2) is 3.22. The minimum Gasteiger partial charge on any atom is -0.234 e. The fourth-order valence-corrected chi connectivity index (χ4v) is 1.58. The van der Waals surface area contributed by atoms with Gasteiger partial charge in [-0.1, -0.05) is 0 Å². The molecule has 0 unspecified atom stereocenters. The molecule has 0 aliphatic heterocycles. The molecule has 65 valence electrons. The maximum Gasteiger partial charge on any atom is 0.133 e. The van der Waals surface area contributed by atoms with Crippen LogP contribution in [0.2, 0.25) is 0 Å². The molecular weight excluding hydrogens is 192 g/mol. The largest absolute Gasteiger partial charge is 0.234 e. The highest BCUT2D eigenvalue weighted by molar-refractivity contribution is 7.13. The lowest BCUT2D eigenvalue weighted by molar-refractivity contribution is 0.603. The van der Waals surface area contributed by atoms with Gasteiger partial charge in [-0.25, -0.2) is 13.8 Å². The first-order valence-corrected chi connectivity index (χ1v) is 4.42. The van der Waals surface area contributed by atoms with Gasteiger partial charge in [0.15, 0.2) is 0 Å². The minimum absolute atomic E-state index is 0.186. The Morgan fingerprint density at radius 1 is 1.31 bits per heavy atom. The van der Waals surface area contributed by atoms with Crippen LogP contribution in [-0.4, -0.2) is 4.98 Å². The third-order valence-corrected chi connectivity index (χ3v) is 2.31. The first-order valence-electron chi connectivity index (χ1n) is 3.54. The van der Waals surface area contributed by atoms with Crippen LogP contribution < -0.4 is 0 Å². The highest BCUT2D eigenvalue weighted by Crippen LogP contribution is 2.24. The van der Waals surface area contributed by atoms with Gasteiger partial charge < -0.3 is 0 Å². The third-order valence-electron chi connectivity index (χ3n) is 1.55. The van der Waals surface area contributed by atoms with Gasteiger partial charge in [0.2, 0.25) is 0 Å². The van der Waals surface area contributed by atoms with Gasteiger partial charge in [0.1, 0.15) is 22.8 Å². The van der Waals surface area contributed by atoms with Crippen molar-refractivity contribution in [3.05, 3.63) is 41.4 Å². The van der Waals surface area contributed by atoms with E-state index in [1.807, 2.05) is 0 Å². The van der Waals surface area contributed by atoms with Crippen molar-refractivity contribution in [2.75, 3.05) is 0 Å². The summed E-state index contributed by atoms with van der Waals surface area (Å²) in [5.74, 6) is -0.934. The molecule has 0 atom stereocenters. The first kappa shape index (κ1) is 8.31. The molecule has 0 N–H and O–H groups in total. The summed E-state index contributed by atoms with van der Waals surface area (Å²) in [5, 5.41) is 2.04. The summed E-state index contributed by atoms with van der Waals surface area (Å²) in [7, 11) is 0. The molecule has 0 amide bonds. The Balaban J connectivity index is 2.57. The van der Waals surface area contributed by atoms with Gasteiger partial charge in [0.05, 0.1) is 0 Å². The predicted molar refractivity (Wildman–Crippen MR) is 46.3 cm³/mol. The molecule has 0 aliphatic rings. The number of thiazole rings is 1. The first-order chi connectivity index (χ1) is 6.27. The van der Waals surface area contributed by atoms with E-state index in [0.29, 0.717) is 5.01 Å². The van der Waals surface area contributed by atoms with E-state index >= 15 is 0 Å². The van der Waals surface area contributed by atoms with Crippen LogP contribution in [0.1, 0.15) is 0 Å². The Bertz CT molecular complexity index is 412. The lowest BCUT2D eigenvalue weighted by Gasteiger charge is -1.97. The molecule has 1 aromatic heterocycles. The van der Waals surface area contributed by atoms with E-state index < -0.39 is 11.6 Å². The molecule has 0 spiro atoms. The van der Waals surface area contributed by atoms with Gasteiger partial charge in [0, 0.05) is 10.9 Å². The number of aromatic nitrogens is 1. The second-order valence-electron chi connectivity index (χ2n) is 2.41. The van der Waals surface area contributed by atoms with Crippen molar-refractivity contribution in [3.8, 4) is 10.6 Å². The van der Waals surface area contributed by atoms with Crippen LogP contribution in [0.25, 0.3) is 10.6 Å². The molecule has 0 saturated heterocycles. The molecular formula is C9H4F2NS. The summed E-state index contributed by atoms with van der Waals surface area (Å²) in [6.45, 7) is 0. The quantitative estimate of drug-likeness (QED) is 0.683. The molecule has 0 saturated carbocycles. The SMILES string of the molecule is Fc1ccc(F)c(-c2n[c]cs2)c1. The lowest BCUT2D eigenvalue weighted by atomic mass is 10.2. The molecule has 2 aromatic rings. The fourth-order valence-electron chi connectivity index (χ4n) is 0.979. The topological polar surface area (TPSA) is 12.9 Å². The maximum atomic E-state index is 13.1. The molecule has 13 heavy (non-hydrogen) atoms. The Labute approximate surface area is 77.7 Å². The summed E-state index contributed by atoms with van der Waals surface area (Å²) in [4.78, 5) is 3.78. The van der Waals surface area contributed by atoms with Gasteiger partial charge in [-0.3, -0.25) is 0 Å². The molecule has 1 aromatic carbocycles. The van der Waals surface area contributed by atoms with Gasteiger partial charge in [-0.05, 0) is 18.2 Å². The van der Waals surface area contributed by atoms with E-state index in [0.717, 1.165) is 18.2 Å². The zero-order valence-electron chi connectivity index (χ0n) is 6.42. The van der Waals surface area contributed by atoms with Crippen molar-refractivity contribution >= 4 is 11.3 Å². The number of rotatable bonds is 1. The van der Waals surface area contributed by atoms with E-state index in [2.05, 4.69) is 11.2 Å².